The number of methoxy groups -OCH3 is 1. The van der Waals surface area contributed by atoms with Crippen molar-refractivity contribution in [3.05, 3.63) is 58.7 Å². The highest BCUT2D eigenvalue weighted by Crippen LogP contribution is 2.24. The van der Waals surface area contributed by atoms with E-state index < -0.39 is 0 Å². The van der Waals surface area contributed by atoms with Gasteiger partial charge in [-0.2, -0.15) is 0 Å². The maximum atomic E-state index is 5.77. The van der Waals surface area contributed by atoms with Crippen molar-refractivity contribution in [2.45, 2.75) is 13.5 Å². The number of nitrogens with zero attached hydrogens (tertiary/aromatic N) is 2. The van der Waals surface area contributed by atoms with Crippen molar-refractivity contribution in [1.29, 1.82) is 0 Å². The molecule has 3 aromatic rings. The third-order valence-corrected chi connectivity index (χ3v) is 3.95. The van der Waals surface area contributed by atoms with Crippen LogP contribution in [0.1, 0.15) is 10.6 Å². The topological polar surface area (TPSA) is 44.2 Å². The van der Waals surface area contributed by atoms with Crippen LogP contribution in [0.3, 0.4) is 0 Å². The van der Waals surface area contributed by atoms with E-state index >= 15 is 0 Å². The molecule has 0 radical (unpaired) electrons. The highest BCUT2D eigenvalue weighted by atomic mass is 32.1. The number of pyridine rings is 1. The predicted octanol–water partition coefficient (Wildman–Crippen LogP) is 4.10. The van der Waals surface area contributed by atoms with E-state index in [2.05, 4.69) is 15.3 Å². The number of aryl methyl sites for hydroxylation is 1. The van der Waals surface area contributed by atoms with Gasteiger partial charge in [-0.15, -0.1) is 11.3 Å². The Morgan fingerprint density at radius 1 is 1.09 bits per heavy atom. The molecule has 112 valence electrons. The largest absolute Gasteiger partial charge is 0.495 e. The minimum atomic E-state index is 0.458. The second-order valence-corrected chi connectivity index (χ2v) is 5.86. The number of ether oxygens (including phenoxy) is 2. The fourth-order valence-electron chi connectivity index (χ4n) is 2.04. The molecule has 0 aliphatic rings. The van der Waals surface area contributed by atoms with Crippen molar-refractivity contribution in [2.24, 2.45) is 0 Å². The van der Waals surface area contributed by atoms with E-state index in [0.717, 1.165) is 33.3 Å². The Hall–Kier alpha value is -2.40. The van der Waals surface area contributed by atoms with Gasteiger partial charge in [-0.05, 0) is 37.3 Å². The zero-order valence-electron chi connectivity index (χ0n) is 12.4. The molecule has 0 spiro atoms. The van der Waals surface area contributed by atoms with Gasteiger partial charge in [-0.3, -0.25) is 4.98 Å². The van der Waals surface area contributed by atoms with Gasteiger partial charge in [0.15, 0.2) is 0 Å². The Kier molecular flexibility index (Phi) is 4.34. The first kappa shape index (κ1) is 14.5. The lowest BCUT2D eigenvalue weighted by Crippen LogP contribution is -1.97. The molecule has 4 nitrogen and oxygen atoms in total. The van der Waals surface area contributed by atoms with Gasteiger partial charge in [0, 0.05) is 22.7 Å². The third kappa shape index (κ3) is 3.43. The smallest absolute Gasteiger partial charge is 0.137 e. The molecular formula is C17H16N2O2S. The van der Waals surface area contributed by atoms with Crippen LogP contribution in [-0.2, 0) is 6.61 Å². The molecule has 0 amide bonds. The molecule has 0 fully saturated rings. The lowest BCUT2D eigenvalue weighted by atomic mass is 10.2. The average Bonchev–Trinajstić information content (AvgIpc) is 3.00. The van der Waals surface area contributed by atoms with Gasteiger partial charge in [0.1, 0.15) is 18.1 Å². The van der Waals surface area contributed by atoms with Crippen molar-refractivity contribution < 1.29 is 9.47 Å². The Bertz CT molecular complexity index is 753. The molecular weight excluding hydrogens is 296 g/mol. The third-order valence-electron chi connectivity index (χ3n) is 3.18. The van der Waals surface area contributed by atoms with Crippen molar-refractivity contribution in [3.63, 3.8) is 0 Å². The maximum Gasteiger partial charge on any atom is 0.137 e. The molecule has 0 aliphatic heterocycles. The molecule has 1 aromatic carbocycles. The van der Waals surface area contributed by atoms with Crippen LogP contribution in [0.5, 0.6) is 11.5 Å². The van der Waals surface area contributed by atoms with Crippen molar-refractivity contribution in [3.8, 4) is 22.8 Å². The molecule has 0 aliphatic carbocycles. The molecule has 0 bridgehead atoms. The maximum absolute atomic E-state index is 5.77. The Balaban J connectivity index is 1.66. The second kappa shape index (κ2) is 6.58. The normalized spacial score (nSPS) is 10.5. The second-order valence-electron chi connectivity index (χ2n) is 4.80. The van der Waals surface area contributed by atoms with E-state index in [1.165, 1.54) is 0 Å². The van der Waals surface area contributed by atoms with E-state index in [0.29, 0.717) is 6.61 Å². The molecule has 3 rings (SSSR count). The zero-order valence-corrected chi connectivity index (χ0v) is 13.3. The van der Waals surface area contributed by atoms with E-state index in [4.69, 9.17) is 9.47 Å². The number of hydrogen-bond acceptors (Lipinski definition) is 5. The van der Waals surface area contributed by atoms with Gasteiger partial charge in [-0.25, -0.2) is 4.98 Å². The number of thiazole rings is 1. The summed E-state index contributed by atoms with van der Waals surface area (Å²) in [5.41, 5.74) is 3.07. The molecule has 0 N–H and O–H groups in total. The van der Waals surface area contributed by atoms with E-state index in [1.807, 2.05) is 37.3 Å². The fourth-order valence-corrected chi connectivity index (χ4v) is 2.66. The van der Waals surface area contributed by atoms with Gasteiger partial charge < -0.3 is 9.47 Å². The molecule has 5 heteroatoms. The minimum Gasteiger partial charge on any atom is -0.495 e. The Labute approximate surface area is 133 Å². The van der Waals surface area contributed by atoms with Crippen LogP contribution < -0.4 is 9.47 Å². The lowest BCUT2D eigenvalue weighted by molar-refractivity contribution is 0.304. The van der Waals surface area contributed by atoms with Gasteiger partial charge in [0.2, 0.25) is 0 Å². The van der Waals surface area contributed by atoms with Crippen LogP contribution in [-0.4, -0.2) is 17.1 Å². The summed E-state index contributed by atoms with van der Waals surface area (Å²) < 4.78 is 10.9. The number of aromatic nitrogens is 2. The Morgan fingerprint density at radius 3 is 2.59 bits per heavy atom. The summed E-state index contributed by atoms with van der Waals surface area (Å²) in [5, 5.41) is 3.13. The summed E-state index contributed by atoms with van der Waals surface area (Å²) in [5.74, 6) is 1.55. The van der Waals surface area contributed by atoms with Crippen LogP contribution in [0.25, 0.3) is 11.3 Å². The quantitative estimate of drug-likeness (QED) is 0.711. The number of rotatable bonds is 5. The summed E-state index contributed by atoms with van der Waals surface area (Å²) in [7, 11) is 1.63. The Morgan fingerprint density at radius 2 is 1.91 bits per heavy atom. The summed E-state index contributed by atoms with van der Waals surface area (Å²) in [6, 6.07) is 9.87. The van der Waals surface area contributed by atoms with Crippen LogP contribution in [0.4, 0.5) is 0 Å². The van der Waals surface area contributed by atoms with Gasteiger partial charge in [-0.1, -0.05) is 0 Å². The van der Waals surface area contributed by atoms with E-state index in [9.17, 15) is 0 Å². The molecule has 0 saturated heterocycles. The zero-order chi connectivity index (χ0) is 15.4. The van der Waals surface area contributed by atoms with Crippen molar-refractivity contribution >= 4 is 11.3 Å². The van der Waals surface area contributed by atoms with Gasteiger partial charge in [0.25, 0.3) is 0 Å². The molecule has 22 heavy (non-hydrogen) atoms. The average molecular weight is 312 g/mol. The van der Waals surface area contributed by atoms with Crippen LogP contribution >= 0.6 is 11.3 Å². The highest BCUT2D eigenvalue weighted by Gasteiger charge is 2.03. The molecule has 0 saturated carbocycles. The van der Waals surface area contributed by atoms with E-state index in [-0.39, 0.29) is 0 Å². The minimum absolute atomic E-state index is 0.458. The summed E-state index contributed by atoms with van der Waals surface area (Å²) in [6.45, 7) is 2.47. The van der Waals surface area contributed by atoms with Crippen LogP contribution in [0, 0.1) is 6.92 Å². The first-order valence-electron chi connectivity index (χ1n) is 6.88. The SMILES string of the molecule is COc1cncc(COc2ccc(-c3csc(C)n3)cc2)c1. The van der Waals surface area contributed by atoms with Gasteiger partial charge >= 0.3 is 0 Å². The fraction of sp³-hybridized carbons (Fsp3) is 0.176. The number of benzene rings is 1. The monoisotopic (exact) mass is 312 g/mol. The van der Waals surface area contributed by atoms with Crippen LogP contribution in [0.15, 0.2) is 48.1 Å². The lowest BCUT2D eigenvalue weighted by Gasteiger charge is -2.07. The van der Waals surface area contributed by atoms with Crippen molar-refractivity contribution in [2.75, 3.05) is 7.11 Å². The van der Waals surface area contributed by atoms with Gasteiger partial charge in [0.05, 0.1) is 24.0 Å². The molecule has 0 atom stereocenters. The summed E-state index contributed by atoms with van der Waals surface area (Å²) >= 11 is 1.65. The first-order valence-corrected chi connectivity index (χ1v) is 7.76. The molecule has 0 unspecified atom stereocenters. The summed E-state index contributed by atoms with van der Waals surface area (Å²) in [4.78, 5) is 8.59. The summed E-state index contributed by atoms with van der Waals surface area (Å²) in [6.07, 6.45) is 3.45. The predicted molar refractivity (Wildman–Crippen MR) is 87.4 cm³/mol. The van der Waals surface area contributed by atoms with E-state index in [1.54, 1.807) is 30.8 Å². The first-order chi connectivity index (χ1) is 10.7. The van der Waals surface area contributed by atoms with Crippen LogP contribution in [0.2, 0.25) is 0 Å². The number of hydrogen-bond donors (Lipinski definition) is 0. The van der Waals surface area contributed by atoms with Crippen molar-refractivity contribution in [1.82, 2.24) is 9.97 Å². The standard InChI is InChI=1S/C17H16N2O2S/c1-12-19-17(11-22-12)14-3-5-15(6-4-14)21-10-13-7-16(20-2)9-18-8-13/h3-9,11H,10H2,1-2H3. The highest BCUT2D eigenvalue weighted by molar-refractivity contribution is 7.09. The molecule has 2 aromatic heterocycles. The molecule has 2 heterocycles.